The molecule has 0 unspecified atom stereocenters. The standard InChI is InChI=1S/C15H19N3O2/c1-11-6-8-18(9-7-11)10-14(19)17-13-5-3-2-4-12(13)15(16)20/h2-6H,7-10H2,1H3,(H2,16,20)(H,17,19). The second kappa shape index (κ2) is 6.34. The number of hydrogen-bond donors (Lipinski definition) is 2. The van der Waals surface area contributed by atoms with E-state index in [-0.39, 0.29) is 5.91 Å². The Labute approximate surface area is 118 Å². The van der Waals surface area contributed by atoms with Crippen LogP contribution in [-0.4, -0.2) is 36.3 Å². The zero-order valence-corrected chi connectivity index (χ0v) is 11.6. The topological polar surface area (TPSA) is 75.4 Å². The molecule has 1 aliphatic rings. The van der Waals surface area contributed by atoms with Gasteiger partial charge in [0, 0.05) is 13.1 Å². The third-order valence-corrected chi connectivity index (χ3v) is 3.35. The summed E-state index contributed by atoms with van der Waals surface area (Å²) < 4.78 is 0. The van der Waals surface area contributed by atoms with E-state index in [2.05, 4.69) is 23.2 Å². The third kappa shape index (κ3) is 3.68. The molecule has 1 heterocycles. The van der Waals surface area contributed by atoms with Gasteiger partial charge in [-0.05, 0) is 25.5 Å². The number of nitrogens with zero attached hydrogens (tertiary/aromatic N) is 1. The molecule has 20 heavy (non-hydrogen) atoms. The largest absolute Gasteiger partial charge is 0.366 e. The van der Waals surface area contributed by atoms with Gasteiger partial charge in [0.05, 0.1) is 17.8 Å². The summed E-state index contributed by atoms with van der Waals surface area (Å²) in [6, 6.07) is 6.76. The molecule has 0 spiro atoms. The summed E-state index contributed by atoms with van der Waals surface area (Å²) in [5.74, 6) is -0.677. The minimum atomic E-state index is -0.544. The Hall–Kier alpha value is -2.14. The van der Waals surface area contributed by atoms with Crippen molar-refractivity contribution in [1.82, 2.24) is 4.90 Å². The first-order chi connectivity index (χ1) is 9.56. The summed E-state index contributed by atoms with van der Waals surface area (Å²) >= 11 is 0. The number of hydrogen-bond acceptors (Lipinski definition) is 3. The molecular formula is C15H19N3O2. The molecule has 1 aromatic rings. The second-order valence-electron chi connectivity index (χ2n) is 4.99. The second-order valence-corrected chi connectivity index (χ2v) is 4.99. The maximum atomic E-state index is 12.0. The van der Waals surface area contributed by atoms with Crippen LogP contribution >= 0.6 is 0 Å². The molecule has 0 atom stereocenters. The smallest absolute Gasteiger partial charge is 0.250 e. The van der Waals surface area contributed by atoms with Crippen LogP contribution in [0.15, 0.2) is 35.9 Å². The van der Waals surface area contributed by atoms with E-state index in [4.69, 9.17) is 5.73 Å². The number of anilines is 1. The van der Waals surface area contributed by atoms with Crippen LogP contribution in [0.3, 0.4) is 0 Å². The van der Waals surface area contributed by atoms with Crippen molar-refractivity contribution in [3.63, 3.8) is 0 Å². The normalized spacial score (nSPS) is 15.6. The van der Waals surface area contributed by atoms with Gasteiger partial charge in [-0.1, -0.05) is 23.8 Å². The summed E-state index contributed by atoms with van der Waals surface area (Å²) in [5, 5.41) is 2.75. The molecule has 1 aliphatic heterocycles. The number of para-hydroxylation sites is 1. The molecule has 0 saturated heterocycles. The molecule has 3 N–H and O–H groups in total. The van der Waals surface area contributed by atoms with Gasteiger partial charge < -0.3 is 11.1 Å². The molecular weight excluding hydrogens is 254 g/mol. The van der Waals surface area contributed by atoms with Gasteiger partial charge in [0.15, 0.2) is 0 Å². The van der Waals surface area contributed by atoms with E-state index in [0.29, 0.717) is 17.8 Å². The number of benzene rings is 1. The Balaban J connectivity index is 1.97. The molecule has 2 amide bonds. The highest BCUT2D eigenvalue weighted by atomic mass is 16.2. The predicted octanol–water partition coefficient (Wildman–Crippen LogP) is 1.38. The number of rotatable bonds is 4. The van der Waals surface area contributed by atoms with Crippen molar-refractivity contribution in [1.29, 1.82) is 0 Å². The Morgan fingerprint density at radius 3 is 2.75 bits per heavy atom. The third-order valence-electron chi connectivity index (χ3n) is 3.35. The van der Waals surface area contributed by atoms with Gasteiger partial charge in [0.1, 0.15) is 0 Å². The van der Waals surface area contributed by atoms with Crippen LogP contribution in [0.25, 0.3) is 0 Å². The van der Waals surface area contributed by atoms with Crippen molar-refractivity contribution in [2.24, 2.45) is 5.73 Å². The van der Waals surface area contributed by atoms with E-state index in [1.807, 2.05) is 0 Å². The molecule has 1 aromatic carbocycles. The molecule has 5 nitrogen and oxygen atoms in total. The molecule has 0 aromatic heterocycles. The van der Waals surface area contributed by atoms with Gasteiger partial charge in [0.2, 0.25) is 5.91 Å². The lowest BCUT2D eigenvalue weighted by molar-refractivity contribution is -0.117. The quantitative estimate of drug-likeness (QED) is 0.814. The van der Waals surface area contributed by atoms with E-state index in [1.54, 1.807) is 24.3 Å². The van der Waals surface area contributed by atoms with Crippen LogP contribution in [0, 0.1) is 0 Å². The molecule has 0 radical (unpaired) electrons. The van der Waals surface area contributed by atoms with Crippen LogP contribution < -0.4 is 11.1 Å². The summed E-state index contributed by atoms with van der Waals surface area (Å²) in [6.07, 6.45) is 3.12. The number of nitrogens with two attached hydrogens (primary N) is 1. The van der Waals surface area contributed by atoms with Gasteiger partial charge in [0.25, 0.3) is 5.91 Å². The van der Waals surface area contributed by atoms with Crippen LogP contribution in [0.4, 0.5) is 5.69 Å². The van der Waals surface area contributed by atoms with Gasteiger partial charge in [-0.15, -0.1) is 0 Å². The Bertz CT molecular complexity index is 552. The molecule has 0 saturated carbocycles. The van der Waals surface area contributed by atoms with Crippen molar-refractivity contribution in [3.05, 3.63) is 41.5 Å². The Morgan fingerprint density at radius 2 is 2.10 bits per heavy atom. The summed E-state index contributed by atoms with van der Waals surface area (Å²) in [4.78, 5) is 25.4. The summed E-state index contributed by atoms with van der Waals surface area (Å²) in [5.41, 5.74) is 7.44. The fourth-order valence-electron chi connectivity index (χ4n) is 2.16. The number of carbonyl (C=O) groups is 2. The summed E-state index contributed by atoms with van der Waals surface area (Å²) in [6.45, 7) is 4.08. The van der Waals surface area contributed by atoms with Gasteiger partial charge >= 0.3 is 0 Å². The number of carbonyl (C=O) groups excluding carboxylic acids is 2. The van der Waals surface area contributed by atoms with Crippen LogP contribution in [-0.2, 0) is 4.79 Å². The average molecular weight is 273 g/mol. The van der Waals surface area contributed by atoms with Crippen molar-refractivity contribution in [3.8, 4) is 0 Å². The van der Waals surface area contributed by atoms with Crippen LogP contribution in [0.1, 0.15) is 23.7 Å². The SMILES string of the molecule is CC1=CCN(CC(=O)Nc2ccccc2C(N)=O)CC1. The number of amides is 2. The van der Waals surface area contributed by atoms with E-state index in [0.717, 1.165) is 19.5 Å². The maximum Gasteiger partial charge on any atom is 0.250 e. The van der Waals surface area contributed by atoms with Crippen molar-refractivity contribution in [2.45, 2.75) is 13.3 Å². The highest BCUT2D eigenvalue weighted by Gasteiger charge is 2.15. The van der Waals surface area contributed by atoms with E-state index in [1.165, 1.54) is 5.57 Å². The zero-order chi connectivity index (χ0) is 14.5. The van der Waals surface area contributed by atoms with Crippen LogP contribution in [0.5, 0.6) is 0 Å². The zero-order valence-electron chi connectivity index (χ0n) is 11.6. The molecule has 0 aliphatic carbocycles. The van der Waals surface area contributed by atoms with Crippen molar-refractivity contribution in [2.75, 3.05) is 25.0 Å². The fourth-order valence-corrected chi connectivity index (χ4v) is 2.16. The average Bonchev–Trinajstić information content (AvgIpc) is 2.41. The van der Waals surface area contributed by atoms with Crippen molar-refractivity contribution < 1.29 is 9.59 Å². The lowest BCUT2D eigenvalue weighted by Gasteiger charge is -2.24. The van der Waals surface area contributed by atoms with Crippen molar-refractivity contribution >= 4 is 17.5 Å². The number of nitrogens with one attached hydrogen (secondary N) is 1. The molecule has 0 fully saturated rings. The van der Waals surface area contributed by atoms with Gasteiger partial charge in [-0.25, -0.2) is 0 Å². The molecule has 0 bridgehead atoms. The Kier molecular flexibility index (Phi) is 4.53. The molecule has 2 rings (SSSR count). The maximum absolute atomic E-state index is 12.0. The molecule has 106 valence electrons. The van der Waals surface area contributed by atoms with E-state index < -0.39 is 5.91 Å². The minimum absolute atomic E-state index is 0.133. The van der Waals surface area contributed by atoms with E-state index in [9.17, 15) is 9.59 Å². The first kappa shape index (κ1) is 14.3. The Morgan fingerprint density at radius 1 is 1.35 bits per heavy atom. The monoisotopic (exact) mass is 273 g/mol. The van der Waals surface area contributed by atoms with E-state index >= 15 is 0 Å². The minimum Gasteiger partial charge on any atom is -0.366 e. The molecule has 5 heteroatoms. The highest BCUT2D eigenvalue weighted by Crippen LogP contribution is 2.15. The first-order valence-electron chi connectivity index (χ1n) is 6.63. The lowest BCUT2D eigenvalue weighted by Crippen LogP contribution is -2.36. The first-order valence-corrected chi connectivity index (χ1v) is 6.63. The fraction of sp³-hybridized carbons (Fsp3) is 0.333. The number of primary amides is 1. The van der Waals surface area contributed by atoms with Gasteiger partial charge in [-0.2, -0.15) is 0 Å². The van der Waals surface area contributed by atoms with Gasteiger partial charge in [-0.3, -0.25) is 14.5 Å². The predicted molar refractivity (Wildman–Crippen MR) is 78.4 cm³/mol. The van der Waals surface area contributed by atoms with Crippen LogP contribution in [0.2, 0.25) is 0 Å². The lowest BCUT2D eigenvalue weighted by atomic mass is 10.1. The highest BCUT2D eigenvalue weighted by molar-refractivity contribution is 6.03. The summed E-state index contributed by atoms with van der Waals surface area (Å²) in [7, 11) is 0.